The summed E-state index contributed by atoms with van der Waals surface area (Å²) in [5, 5.41) is 16.0. The number of ether oxygens (including phenoxy) is 2. The van der Waals surface area contributed by atoms with Crippen molar-refractivity contribution in [2.45, 2.75) is 11.5 Å². The Morgan fingerprint density at radius 1 is 1.24 bits per heavy atom. The van der Waals surface area contributed by atoms with Crippen molar-refractivity contribution in [1.82, 2.24) is 0 Å². The van der Waals surface area contributed by atoms with E-state index in [1.165, 1.54) is 37.4 Å². The molecule has 0 saturated carbocycles. The summed E-state index contributed by atoms with van der Waals surface area (Å²) in [6.45, 7) is -0.362. The van der Waals surface area contributed by atoms with Crippen LogP contribution >= 0.6 is 0 Å². The number of nitro benzene ring substituents is 1. The van der Waals surface area contributed by atoms with Crippen molar-refractivity contribution in [3.8, 4) is 5.75 Å². The average molecular weight is 366 g/mol. The fourth-order valence-electron chi connectivity index (χ4n) is 2.06. The largest absolute Gasteiger partial charge is 0.496 e. The van der Waals surface area contributed by atoms with Crippen LogP contribution in [-0.2, 0) is 21.4 Å². The van der Waals surface area contributed by atoms with Crippen molar-refractivity contribution in [1.29, 1.82) is 0 Å². The fourth-order valence-corrected chi connectivity index (χ4v) is 2.60. The molecular formula is C15H14N2O7S. The molecule has 0 radical (unpaired) electrons. The molecule has 2 aromatic rings. The maximum atomic E-state index is 12.3. The summed E-state index contributed by atoms with van der Waals surface area (Å²) in [6.07, 6.45) is 0. The quantitative estimate of drug-likeness (QED) is 0.465. The first-order valence-corrected chi connectivity index (χ1v) is 8.39. The van der Waals surface area contributed by atoms with Gasteiger partial charge in [-0.25, -0.2) is 18.4 Å². The van der Waals surface area contributed by atoms with Crippen molar-refractivity contribution in [3.63, 3.8) is 0 Å². The predicted molar refractivity (Wildman–Crippen MR) is 86.6 cm³/mol. The van der Waals surface area contributed by atoms with Crippen LogP contribution in [0.5, 0.6) is 5.75 Å². The Balaban J connectivity index is 2.28. The van der Waals surface area contributed by atoms with Crippen LogP contribution in [0.25, 0.3) is 0 Å². The molecule has 0 bridgehead atoms. The Labute approximate surface area is 143 Å². The van der Waals surface area contributed by atoms with Gasteiger partial charge in [-0.1, -0.05) is 12.1 Å². The second-order valence-electron chi connectivity index (χ2n) is 4.87. The molecule has 0 atom stereocenters. The molecule has 25 heavy (non-hydrogen) atoms. The topological polar surface area (TPSA) is 139 Å². The Morgan fingerprint density at radius 3 is 2.52 bits per heavy atom. The van der Waals surface area contributed by atoms with E-state index in [1.54, 1.807) is 6.07 Å². The number of hydrogen-bond donors (Lipinski definition) is 1. The highest BCUT2D eigenvalue weighted by molar-refractivity contribution is 7.89. The molecule has 2 rings (SSSR count). The number of esters is 1. The molecule has 132 valence electrons. The molecule has 0 heterocycles. The number of methoxy groups -OCH3 is 1. The number of rotatable bonds is 6. The van der Waals surface area contributed by atoms with E-state index in [0.29, 0.717) is 0 Å². The number of carbonyl (C=O) groups excluding carboxylic acids is 1. The first-order valence-electron chi connectivity index (χ1n) is 6.84. The van der Waals surface area contributed by atoms with Crippen LogP contribution in [0.4, 0.5) is 5.69 Å². The summed E-state index contributed by atoms with van der Waals surface area (Å²) < 4.78 is 32.9. The van der Waals surface area contributed by atoms with E-state index in [9.17, 15) is 23.3 Å². The van der Waals surface area contributed by atoms with Crippen LogP contribution in [0.1, 0.15) is 15.9 Å². The highest BCUT2D eigenvalue weighted by Crippen LogP contribution is 2.24. The molecule has 0 aliphatic rings. The van der Waals surface area contributed by atoms with Crippen molar-refractivity contribution < 1.29 is 27.6 Å². The first kappa shape index (κ1) is 18.4. The monoisotopic (exact) mass is 366 g/mol. The van der Waals surface area contributed by atoms with Gasteiger partial charge in [0.15, 0.2) is 0 Å². The fraction of sp³-hybridized carbons (Fsp3) is 0.133. The lowest BCUT2D eigenvalue weighted by molar-refractivity contribution is -0.385. The van der Waals surface area contributed by atoms with E-state index in [0.717, 1.165) is 6.07 Å². The minimum Gasteiger partial charge on any atom is -0.496 e. The van der Waals surface area contributed by atoms with Crippen LogP contribution < -0.4 is 9.88 Å². The van der Waals surface area contributed by atoms with E-state index in [-0.39, 0.29) is 34.1 Å². The third-order valence-corrected chi connectivity index (χ3v) is 4.18. The van der Waals surface area contributed by atoms with E-state index in [2.05, 4.69) is 0 Å². The third-order valence-electron chi connectivity index (χ3n) is 3.27. The molecule has 9 nitrogen and oxygen atoms in total. The van der Waals surface area contributed by atoms with E-state index in [1.807, 2.05) is 0 Å². The van der Waals surface area contributed by atoms with Gasteiger partial charge in [-0.2, -0.15) is 0 Å². The summed E-state index contributed by atoms with van der Waals surface area (Å²) in [4.78, 5) is 22.3. The third kappa shape index (κ3) is 4.31. The SMILES string of the molecule is COc1ccc(S(N)(=O)=O)cc1C(=O)OCc1ccccc1[N+](=O)[O-]. The smallest absolute Gasteiger partial charge is 0.342 e. The molecule has 0 fully saturated rings. The van der Waals surface area contributed by atoms with Crippen LogP contribution in [0.3, 0.4) is 0 Å². The Morgan fingerprint density at radius 2 is 1.92 bits per heavy atom. The van der Waals surface area contributed by atoms with Crippen molar-refractivity contribution in [2.24, 2.45) is 5.14 Å². The summed E-state index contributed by atoms with van der Waals surface area (Å²) in [7, 11) is -2.73. The molecule has 0 unspecified atom stereocenters. The van der Waals surface area contributed by atoms with Crippen molar-refractivity contribution in [2.75, 3.05) is 7.11 Å². The Bertz CT molecular complexity index is 925. The molecule has 2 aromatic carbocycles. The number of primary sulfonamides is 1. The van der Waals surface area contributed by atoms with Crippen molar-refractivity contribution in [3.05, 3.63) is 63.7 Å². The zero-order chi connectivity index (χ0) is 18.6. The molecule has 2 N–H and O–H groups in total. The minimum atomic E-state index is -4.02. The molecule has 0 aromatic heterocycles. The molecule has 0 spiro atoms. The molecule has 0 saturated heterocycles. The van der Waals surface area contributed by atoms with E-state index in [4.69, 9.17) is 14.6 Å². The van der Waals surface area contributed by atoms with Gasteiger partial charge in [0.2, 0.25) is 10.0 Å². The summed E-state index contributed by atoms with van der Waals surface area (Å²) >= 11 is 0. The lowest BCUT2D eigenvalue weighted by atomic mass is 10.2. The highest BCUT2D eigenvalue weighted by Gasteiger charge is 2.20. The molecule has 0 amide bonds. The van der Waals surface area contributed by atoms with Crippen LogP contribution in [0, 0.1) is 10.1 Å². The second kappa shape index (κ2) is 7.28. The maximum absolute atomic E-state index is 12.3. The number of nitrogens with zero attached hydrogens (tertiary/aromatic N) is 1. The van der Waals surface area contributed by atoms with Gasteiger partial charge < -0.3 is 9.47 Å². The number of nitro groups is 1. The normalized spacial score (nSPS) is 11.0. The molecule has 0 aliphatic heterocycles. The Hall–Kier alpha value is -2.98. The van der Waals surface area contributed by atoms with Gasteiger partial charge in [0.25, 0.3) is 5.69 Å². The summed E-state index contributed by atoms with van der Waals surface area (Å²) in [5.74, 6) is -0.819. The predicted octanol–water partition coefficient (Wildman–Crippen LogP) is 1.61. The number of carbonyl (C=O) groups is 1. The molecule has 0 aliphatic carbocycles. The number of benzene rings is 2. The van der Waals surface area contributed by atoms with Gasteiger partial charge in [-0.15, -0.1) is 0 Å². The number of para-hydroxylation sites is 1. The lowest BCUT2D eigenvalue weighted by Crippen LogP contribution is -2.14. The van der Waals surface area contributed by atoms with Crippen molar-refractivity contribution >= 4 is 21.7 Å². The zero-order valence-electron chi connectivity index (χ0n) is 13.0. The lowest BCUT2D eigenvalue weighted by Gasteiger charge is -2.10. The van der Waals surface area contributed by atoms with E-state index >= 15 is 0 Å². The van der Waals surface area contributed by atoms with Crippen LogP contribution in [0.15, 0.2) is 47.4 Å². The van der Waals surface area contributed by atoms with Gasteiger partial charge in [-0.05, 0) is 24.3 Å². The van der Waals surface area contributed by atoms with Gasteiger partial charge in [0.05, 0.1) is 22.5 Å². The van der Waals surface area contributed by atoms with Gasteiger partial charge in [0.1, 0.15) is 17.9 Å². The second-order valence-corrected chi connectivity index (χ2v) is 6.43. The van der Waals surface area contributed by atoms with Gasteiger partial charge in [0, 0.05) is 6.07 Å². The number of nitrogens with two attached hydrogens (primary N) is 1. The number of hydrogen-bond acceptors (Lipinski definition) is 7. The van der Waals surface area contributed by atoms with Crippen LogP contribution in [0.2, 0.25) is 0 Å². The standard InChI is InChI=1S/C15H14N2O7S/c1-23-14-7-6-11(25(16,21)22)8-12(14)15(18)24-9-10-4-2-3-5-13(10)17(19)20/h2-8H,9H2,1H3,(H2,16,21,22). The maximum Gasteiger partial charge on any atom is 0.342 e. The first-order chi connectivity index (χ1) is 11.7. The van der Waals surface area contributed by atoms with E-state index < -0.39 is 20.9 Å². The van der Waals surface area contributed by atoms with Gasteiger partial charge in [-0.3, -0.25) is 10.1 Å². The van der Waals surface area contributed by atoms with Crippen LogP contribution in [-0.4, -0.2) is 26.4 Å². The average Bonchev–Trinajstić information content (AvgIpc) is 2.58. The zero-order valence-corrected chi connectivity index (χ0v) is 13.9. The molecular weight excluding hydrogens is 352 g/mol. The Kier molecular flexibility index (Phi) is 5.35. The molecule has 10 heteroatoms. The summed E-state index contributed by atoms with van der Waals surface area (Å²) in [6, 6.07) is 9.26. The summed E-state index contributed by atoms with van der Waals surface area (Å²) in [5.41, 5.74) is -0.157. The number of sulfonamides is 1. The minimum absolute atomic E-state index is 0.0833. The van der Waals surface area contributed by atoms with Gasteiger partial charge >= 0.3 is 5.97 Å². The highest BCUT2D eigenvalue weighted by atomic mass is 32.2.